The number of nitrogens with zero attached hydrogens (tertiary/aromatic N) is 1. The van der Waals surface area contributed by atoms with Crippen LogP contribution >= 0.6 is 0 Å². The van der Waals surface area contributed by atoms with Gasteiger partial charge in [0.05, 0.1) is 19.1 Å². The maximum atomic E-state index is 12.8. The number of hydrogen-bond donors (Lipinski definition) is 1. The normalized spacial score (nSPS) is 23.2. The molecule has 2 heterocycles. The fraction of sp³-hybridized carbons (Fsp3) is 0.556. The van der Waals surface area contributed by atoms with Crippen LogP contribution in [0.25, 0.3) is 0 Å². The molecule has 2 aliphatic rings. The molecule has 0 aromatic heterocycles. The Kier molecular flexibility index (Phi) is 5.48. The van der Waals surface area contributed by atoms with Gasteiger partial charge in [0.15, 0.2) is 0 Å². The first kappa shape index (κ1) is 16.9. The second kappa shape index (κ2) is 7.77. The first-order valence-electron chi connectivity index (χ1n) is 8.46. The van der Waals surface area contributed by atoms with Gasteiger partial charge in [-0.05, 0) is 24.0 Å². The van der Waals surface area contributed by atoms with Crippen LogP contribution in [0.1, 0.15) is 30.0 Å². The zero-order valence-corrected chi connectivity index (χ0v) is 14.0. The van der Waals surface area contributed by atoms with Crippen molar-refractivity contribution in [2.45, 2.75) is 31.4 Å². The van der Waals surface area contributed by atoms with Gasteiger partial charge in [-0.15, -0.1) is 0 Å². The highest BCUT2D eigenvalue weighted by atomic mass is 16.5. The number of benzene rings is 1. The van der Waals surface area contributed by atoms with Gasteiger partial charge in [-0.3, -0.25) is 9.59 Å². The van der Waals surface area contributed by atoms with Crippen molar-refractivity contribution in [1.29, 1.82) is 0 Å². The van der Waals surface area contributed by atoms with E-state index < -0.39 is 6.04 Å². The van der Waals surface area contributed by atoms with E-state index in [1.165, 1.54) is 0 Å². The lowest BCUT2D eigenvalue weighted by Crippen LogP contribution is -2.49. The van der Waals surface area contributed by atoms with Gasteiger partial charge in [-0.2, -0.15) is 0 Å². The first-order chi connectivity index (χ1) is 11.7. The number of nitrogens with one attached hydrogen (secondary N) is 1. The molecule has 1 saturated heterocycles. The molecule has 1 fully saturated rings. The minimum atomic E-state index is -0.598. The number of carbonyl (C=O) groups excluding carboxylic acids is 2. The van der Waals surface area contributed by atoms with Gasteiger partial charge in [0, 0.05) is 26.8 Å². The van der Waals surface area contributed by atoms with Crippen LogP contribution in [0.2, 0.25) is 0 Å². The van der Waals surface area contributed by atoms with Crippen molar-refractivity contribution in [3.63, 3.8) is 0 Å². The van der Waals surface area contributed by atoms with Crippen molar-refractivity contribution in [1.82, 2.24) is 10.2 Å². The molecule has 6 heteroatoms. The van der Waals surface area contributed by atoms with E-state index in [1.807, 2.05) is 24.3 Å². The fourth-order valence-corrected chi connectivity index (χ4v) is 3.38. The number of rotatable bonds is 6. The Balaban J connectivity index is 1.78. The molecule has 2 aliphatic heterocycles. The van der Waals surface area contributed by atoms with Crippen LogP contribution in [0.15, 0.2) is 24.3 Å². The molecule has 3 rings (SSSR count). The summed E-state index contributed by atoms with van der Waals surface area (Å²) in [4.78, 5) is 27.0. The largest absolute Gasteiger partial charge is 0.383 e. The predicted octanol–water partition coefficient (Wildman–Crippen LogP) is 1.05. The molecule has 0 bridgehead atoms. The molecule has 2 amide bonds. The summed E-state index contributed by atoms with van der Waals surface area (Å²) in [6.07, 6.45) is 2.41. The van der Waals surface area contributed by atoms with Crippen molar-refractivity contribution in [2.24, 2.45) is 0 Å². The Hall–Kier alpha value is -1.92. The maximum absolute atomic E-state index is 12.8. The molecule has 0 saturated carbocycles. The van der Waals surface area contributed by atoms with Gasteiger partial charge in [-0.25, -0.2) is 0 Å². The minimum Gasteiger partial charge on any atom is -0.383 e. The van der Waals surface area contributed by atoms with Gasteiger partial charge >= 0.3 is 0 Å². The number of ether oxygens (including phenoxy) is 2. The summed E-state index contributed by atoms with van der Waals surface area (Å²) >= 11 is 0. The second-order valence-corrected chi connectivity index (χ2v) is 6.24. The summed E-state index contributed by atoms with van der Waals surface area (Å²) < 4.78 is 10.7. The summed E-state index contributed by atoms with van der Waals surface area (Å²) in [6.45, 7) is 2.06. The highest BCUT2D eigenvalue weighted by molar-refractivity contribution is 5.92. The lowest BCUT2D eigenvalue weighted by molar-refractivity contribution is -0.142. The summed E-state index contributed by atoms with van der Waals surface area (Å²) in [5.74, 6) is -0.190. The Labute approximate surface area is 142 Å². The molecule has 24 heavy (non-hydrogen) atoms. The Morgan fingerprint density at radius 2 is 2.25 bits per heavy atom. The lowest BCUT2D eigenvalue weighted by atomic mass is 9.91. The van der Waals surface area contributed by atoms with Crippen LogP contribution < -0.4 is 5.32 Å². The molecule has 2 unspecified atom stereocenters. The Morgan fingerprint density at radius 3 is 3.00 bits per heavy atom. The van der Waals surface area contributed by atoms with Crippen LogP contribution in [0.5, 0.6) is 0 Å². The maximum Gasteiger partial charge on any atom is 0.247 e. The third-order valence-electron chi connectivity index (χ3n) is 4.64. The average Bonchev–Trinajstić information content (AvgIpc) is 3.11. The molecule has 0 radical (unpaired) electrons. The molecule has 1 N–H and O–H groups in total. The number of hydrogen-bond acceptors (Lipinski definition) is 4. The monoisotopic (exact) mass is 332 g/mol. The van der Waals surface area contributed by atoms with Crippen molar-refractivity contribution in [2.75, 3.05) is 33.4 Å². The molecule has 130 valence electrons. The number of fused-ring (bicyclic) bond motifs is 1. The molecule has 6 nitrogen and oxygen atoms in total. The van der Waals surface area contributed by atoms with Crippen molar-refractivity contribution >= 4 is 11.8 Å². The zero-order chi connectivity index (χ0) is 16.9. The SMILES string of the molecule is COCCN1C(=O)Cc2ccccc2C1C(=O)NCC1CCCO1. The predicted molar refractivity (Wildman–Crippen MR) is 88.5 cm³/mol. The standard InChI is InChI=1S/C18H24N2O4/c1-23-10-8-20-16(21)11-13-5-2-3-7-15(13)17(20)18(22)19-12-14-6-4-9-24-14/h2-3,5,7,14,17H,4,6,8-12H2,1H3,(H,19,22). The number of amides is 2. The van der Waals surface area contributed by atoms with E-state index in [1.54, 1.807) is 12.0 Å². The molecule has 1 aromatic rings. The van der Waals surface area contributed by atoms with Crippen molar-refractivity contribution in [3.8, 4) is 0 Å². The average molecular weight is 332 g/mol. The van der Waals surface area contributed by atoms with Gasteiger partial charge < -0.3 is 19.7 Å². The summed E-state index contributed by atoms with van der Waals surface area (Å²) in [6, 6.07) is 7.06. The molecule has 1 aromatic carbocycles. The molecule has 0 spiro atoms. The summed E-state index contributed by atoms with van der Waals surface area (Å²) in [7, 11) is 1.59. The van der Waals surface area contributed by atoms with Gasteiger partial charge in [-0.1, -0.05) is 24.3 Å². The first-order valence-corrected chi connectivity index (χ1v) is 8.46. The van der Waals surface area contributed by atoms with Crippen LogP contribution in [0, 0.1) is 0 Å². The third kappa shape index (κ3) is 3.60. The fourth-order valence-electron chi connectivity index (χ4n) is 3.38. The Bertz CT molecular complexity index is 598. The Morgan fingerprint density at radius 1 is 1.42 bits per heavy atom. The third-order valence-corrected chi connectivity index (χ3v) is 4.64. The van der Waals surface area contributed by atoms with E-state index in [9.17, 15) is 9.59 Å². The summed E-state index contributed by atoms with van der Waals surface area (Å²) in [5.41, 5.74) is 1.83. The smallest absolute Gasteiger partial charge is 0.247 e. The molecule has 0 aliphatic carbocycles. The topological polar surface area (TPSA) is 67.9 Å². The second-order valence-electron chi connectivity index (χ2n) is 6.24. The van der Waals surface area contributed by atoms with Crippen LogP contribution in [-0.2, 0) is 25.5 Å². The van der Waals surface area contributed by atoms with Crippen LogP contribution in [-0.4, -0.2) is 56.2 Å². The number of methoxy groups -OCH3 is 1. The molecule has 2 atom stereocenters. The van der Waals surface area contributed by atoms with Crippen molar-refractivity contribution in [3.05, 3.63) is 35.4 Å². The minimum absolute atomic E-state index is 0.0389. The number of carbonyl (C=O) groups is 2. The highest BCUT2D eigenvalue weighted by Crippen LogP contribution is 2.30. The highest BCUT2D eigenvalue weighted by Gasteiger charge is 2.36. The van der Waals surface area contributed by atoms with E-state index in [4.69, 9.17) is 9.47 Å². The van der Waals surface area contributed by atoms with E-state index in [-0.39, 0.29) is 17.9 Å². The van der Waals surface area contributed by atoms with E-state index >= 15 is 0 Å². The van der Waals surface area contributed by atoms with Gasteiger partial charge in [0.25, 0.3) is 0 Å². The van der Waals surface area contributed by atoms with Crippen molar-refractivity contribution < 1.29 is 19.1 Å². The zero-order valence-electron chi connectivity index (χ0n) is 14.0. The molecular weight excluding hydrogens is 308 g/mol. The van der Waals surface area contributed by atoms with E-state index in [0.29, 0.717) is 26.1 Å². The van der Waals surface area contributed by atoms with E-state index in [2.05, 4.69) is 5.32 Å². The van der Waals surface area contributed by atoms with Crippen LogP contribution in [0.3, 0.4) is 0 Å². The molecular formula is C18H24N2O4. The lowest BCUT2D eigenvalue weighted by Gasteiger charge is -2.36. The van der Waals surface area contributed by atoms with Gasteiger partial charge in [0.1, 0.15) is 6.04 Å². The van der Waals surface area contributed by atoms with Crippen LogP contribution in [0.4, 0.5) is 0 Å². The van der Waals surface area contributed by atoms with E-state index in [0.717, 1.165) is 30.6 Å². The summed E-state index contributed by atoms with van der Waals surface area (Å²) in [5, 5.41) is 2.96. The van der Waals surface area contributed by atoms with Gasteiger partial charge in [0.2, 0.25) is 11.8 Å². The quantitative estimate of drug-likeness (QED) is 0.846.